The Morgan fingerprint density at radius 1 is 1.44 bits per heavy atom. The van der Waals surface area contributed by atoms with E-state index in [1.165, 1.54) is 6.33 Å². The lowest BCUT2D eigenvalue weighted by atomic mass is 10.2. The first kappa shape index (κ1) is 11.4. The molecule has 2 aromatic rings. The second-order valence-electron chi connectivity index (χ2n) is 4.41. The van der Waals surface area contributed by atoms with Gasteiger partial charge >= 0.3 is 0 Å². The quantitative estimate of drug-likeness (QED) is 0.848. The van der Waals surface area contributed by atoms with E-state index in [9.17, 15) is 8.42 Å². The maximum Gasteiger partial charge on any atom is 0.263 e. The molecule has 0 saturated carbocycles. The van der Waals surface area contributed by atoms with E-state index in [1.54, 1.807) is 6.92 Å². The summed E-state index contributed by atoms with van der Waals surface area (Å²) in [6.45, 7) is 1.80. The Labute approximate surface area is 104 Å². The van der Waals surface area contributed by atoms with E-state index in [0.29, 0.717) is 29.0 Å². The molecule has 0 spiro atoms. The second-order valence-corrected chi connectivity index (χ2v) is 6.64. The molecule has 96 valence electrons. The molecule has 7 nitrogen and oxygen atoms in total. The van der Waals surface area contributed by atoms with Gasteiger partial charge in [0.25, 0.3) is 5.71 Å². The molecule has 1 atom stereocenters. The minimum Gasteiger partial charge on any atom is -0.366 e. The van der Waals surface area contributed by atoms with Gasteiger partial charge in [0.15, 0.2) is 9.84 Å². The fraction of sp³-hybridized carbons (Fsp3) is 0.500. The van der Waals surface area contributed by atoms with Crippen molar-refractivity contribution in [3.63, 3.8) is 0 Å². The van der Waals surface area contributed by atoms with Gasteiger partial charge in [-0.3, -0.25) is 0 Å². The molecular formula is C10H12N4O3S. The molecule has 0 aromatic carbocycles. The number of hydrogen-bond acceptors (Lipinski definition) is 7. The number of aromatic nitrogens is 3. The normalized spacial score (nSPS) is 22.4. The fourth-order valence-electron chi connectivity index (χ4n) is 2.13. The number of anilines is 1. The highest BCUT2D eigenvalue weighted by Crippen LogP contribution is 2.24. The van der Waals surface area contributed by atoms with Gasteiger partial charge in [0.1, 0.15) is 17.5 Å². The van der Waals surface area contributed by atoms with Crippen molar-refractivity contribution < 1.29 is 12.9 Å². The van der Waals surface area contributed by atoms with Crippen LogP contribution < -0.4 is 5.32 Å². The van der Waals surface area contributed by atoms with Gasteiger partial charge in [-0.1, -0.05) is 5.16 Å². The van der Waals surface area contributed by atoms with Gasteiger partial charge in [-0.25, -0.2) is 13.4 Å². The predicted octanol–water partition coefficient (Wildman–Crippen LogP) is 0.525. The molecule has 1 unspecified atom stereocenters. The van der Waals surface area contributed by atoms with Gasteiger partial charge < -0.3 is 9.84 Å². The molecule has 0 bridgehead atoms. The monoisotopic (exact) mass is 268 g/mol. The number of rotatable bonds is 2. The molecule has 18 heavy (non-hydrogen) atoms. The third kappa shape index (κ3) is 1.92. The van der Waals surface area contributed by atoms with Crippen LogP contribution in [0.2, 0.25) is 0 Å². The van der Waals surface area contributed by atoms with Gasteiger partial charge in [-0.15, -0.1) is 0 Å². The number of nitrogens with zero attached hydrogens (tertiary/aromatic N) is 3. The lowest BCUT2D eigenvalue weighted by Crippen LogP contribution is -2.21. The Morgan fingerprint density at radius 2 is 2.28 bits per heavy atom. The largest absolute Gasteiger partial charge is 0.366 e. The number of hydrogen-bond donors (Lipinski definition) is 1. The van der Waals surface area contributed by atoms with Crippen LogP contribution in [0.4, 0.5) is 5.82 Å². The minimum atomic E-state index is -2.91. The molecule has 3 heterocycles. The summed E-state index contributed by atoms with van der Waals surface area (Å²) in [5, 5.41) is 7.67. The molecule has 1 fully saturated rings. The minimum absolute atomic E-state index is 0.109. The van der Waals surface area contributed by atoms with E-state index >= 15 is 0 Å². The first-order valence-electron chi connectivity index (χ1n) is 5.59. The maximum atomic E-state index is 11.4. The lowest BCUT2D eigenvalue weighted by Gasteiger charge is -2.11. The van der Waals surface area contributed by atoms with E-state index in [2.05, 4.69) is 20.4 Å². The molecule has 1 N–H and O–H groups in total. The summed E-state index contributed by atoms with van der Waals surface area (Å²) in [5.74, 6) is 0.950. The third-order valence-corrected chi connectivity index (χ3v) is 4.78. The summed E-state index contributed by atoms with van der Waals surface area (Å²) < 4.78 is 27.9. The Balaban J connectivity index is 1.94. The summed E-state index contributed by atoms with van der Waals surface area (Å²) in [6.07, 6.45) is 1.97. The van der Waals surface area contributed by atoms with E-state index in [-0.39, 0.29) is 17.5 Å². The number of sulfone groups is 1. The first-order chi connectivity index (χ1) is 8.55. The smallest absolute Gasteiger partial charge is 0.263 e. The van der Waals surface area contributed by atoms with Crippen LogP contribution in [0.3, 0.4) is 0 Å². The van der Waals surface area contributed by atoms with Crippen LogP contribution in [0.25, 0.3) is 11.1 Å². The highest BCUT2D eigenvalue weighted by molar-refractivity contribution is 7.91. The SMILES string of the molecule is Cc1noc2ncnc(NC3CCS(=O)(=O)C3)c12. The van der Waals surface area contributed by atoms with Gasteiger partial charge in [-0.05, 0) is 13.3 Å². The van der Waals surface area contributed by atoms with Crippen molar-refractivity contribution in [3.05, 3.63) is 12.0 Å². The molecule has 0 radical (unpaired) electrons. The molecule has 8 heteroatoms. The van der Waals surface area contributed by atoms with Crippen molar-refractivity contribution in [2.45, 2.75) is 19.4 Å². The van der Waals surface area contributed by atoms with Gasteiger partial charge in [0, 0.05) is 6.04 Å². The molecule has 2 aromatic heterocycles. The molecular weight excluding hydrogens is 256 g/mol. The summed E-state index contributed by atoms with van der Waals surface area (Å²) in [4.78, 5) is 8.10. The van der Waals surface area contributed by atoms with Crippen molar-refractivity contribution in [2.75, 3.05) is 16.8 Å². The summed E-state index contributed by atoms with van der Waals surface area (Å²) in [7, 11) is -2.91. The van der Waals surface area contributed by atoms with Crippen LogP contribution in [0.5, 0.6) is 0 Å². The van der Waals surface area contributed by atoms with Crippen molar-refractivity contribution in [1.82, 2.24) is 15.1 Å². The van der Waals surface area contributed by atoms with E-state index in [0.717, 1.165) is 0 Å². The summed E-state index contributed by atoms with van der Waals surface area (Å²) >= 11 is 0. The fourth-order valence-corrected chi connectivity index (χ4v) is 3.81. The van der Waals surface area contributed by atoms with Crippen LogP contribution in [0, 0.1) is 6.92 Å². The Kier molecular flexibility index (Phi) is 2.47. The lowest BCUT2D eigenvalue weighted by molar-refractivity contribution is 0.442. The van der Waals surface area contributed by atoms with Crippen LogP contribution in [-0.2, 0) is 9.84 Å². The Morgan fingerprint density at radius 3 is 3.00 bits per heavy atom. The third-order valence-electron chi connectivity index (χ3n) is 3.02. The summed E-state index contributed by atoms with van der Waals surface area (Å²) in [5.41, 5.74) is 1.10. The Hall–Kier alpha value is -1.70. The highest BCUT2D eigenvalue weighted by atomic mass is 32.2. The van der Waals surface area contributed by atoms with Gasteiger partial charge in [-0.2, -0.15) is 4.98 Å². The molecule has 1 aliphatic rings. The summed E-state index contributed by atoms with van der Waals surface area (Å²) in [6, 6.07) is -0.109. The number of fused-ring (bicyclic) bond motifs is 1. The van der Waals surface area contributed by atoms with Crippen molar-refractivity contribution in [1.29, 1.82) is 0 Å². The average molecular weight is 268 g/mol. The molecule has 1 saturated heterocycles. The Bertz CT molecular complexity index is 694. The zero-order chi connectivity index (χ0) is 12.8. The standard InChI is InChI=1S/C10H12N4O3S/c1-6-8-9(11-5-12-10(8)17-14-6)13-7-2-3-18(15,16)4-7/h5,7H,2-4H2,1H3,(H,11,12,13). The number of aryl methyl sites for hydroxylation is 1. The van der Waals surface area contributed by atoms with Crippen molar-refractivity contribution in [3.8, 4) is 0 Å². The van der Waals surface area contributed by atoms with Crippen molar-refractivity contribution >= 4 is 26.8 Å². The van der Waals surface area contributed by atoms with Gasteiger partial charge in [0.05, 0.1) is 17.2 Å². The van der Waals surface area contributed by atoms with Crippen LogP contribution in [0.1, 0.15) is 12.1 Å². The van der Waals surface area contributed by atoms with E-state index in [1.807, 2.05) is 0 Å². The van der Waals surface area contributed by atoms with Crippen LogP contribution in [-0.4, -0.2) is 41.1 Å². The highest BCUT2D eigenvalue weighted by Gasteiger charge is 2.28. The van der Waals surface area contributed by atoms with Crippen LogP contribution in [0.15, 0.2) is 10.9 Å². The topological polar surface area (TPSA) is 98.0 Å². The molecule has 1 aliphatic heterocycles. The zero-order valence-corrected chi connectivity index (χ0v) is 10.6. The number of nitrogens with one attached hydrogen (secondary N) is 1. The second kappa shape index (κ2) is 3.91. The van der Waals surface area contributed by atoms with Crippen LogP contribution >= 0.6 is 0 Å². The molecule has 3 rings (SSSR count). The van der Waals surface area contributed by atoms with E-state index < -0.39 is 9.84 Å². The van der Waals surface area contributed by atoms with Crippen molar-refractivity contribution in [2.24, 2.45) is 0 Å². The predicted molar refractivity (Wildman–Crippen MR) is 65.0 cm³/mol. The van der Waals surface area contributed by atoms with Gasteiger partial charge in [0.2, 0.25) is 0 Å². The zero-order valence-electron chi connectivity index (χ0n) is 9.75. The van der Waals surface area contributed by atoms with E-state index in [4.69, 9.17) is 4.52 Å². The first-order valence-corrected chi connectivity index (χ1v) is 7.41. The maximum absolute atomic E-state index is 11.4. The average Bonchev–Trinajstić information content (AvgIpc) is 2.84. The molecule has 0 aliphatic carbocycles. The molecule has 0 amide bonds.